The predicted octanol–water partition coefficient (Wildman–Crippen LogP) is 2.44. The zero-order chi connectivity index (χ0) is 11.4. The summed E-state index contributed by atoms with van der Waals surface area (Å²) in [5.41, 5.74) is 3.41. The molecular formula is C12H17NO2. The van der Waals surface area contributed by atoms with Crippen LogP contribution in [0.2, 0.25) is 0 Å². The molecule has 0 saturated carbocycles. The second-order valence-electron chi connectivity index (χ2n) is 3.46. The van der Waals surface area contributed by atoms with Crippen molar-refractivity contribution in [1.29, 1.82) is 0 Å². The summed E-state index contributed by atoms with van der Waals surface area (Å²) in [7, 11) is 0. The standard InChI is InChI=1S/C12H17NO2/c1-5-11-8(3)7-10(9(4)13-11)12(14)15-6-2/h7H,5-6H2,1-4H3. The van der Waals surface area contributed by atoms with Crippen molar-refractivity contribution in [2.45, 2.75) is 34.1 Å². The molecule has 3 heteroatoms. The fourth-order valence-electron chi connectivity index (χ4n) is 1.53. The van der Waals surface area contributed by atoms with E-state index in [4.69, 9.17) is 4.74 Å². The average Bonchev–Trinajstić information content (AvgIpc) is 2.21. The molecule has 15 heavy (non-hydrogen) atoms. The van der Waals surface area contributed by atoms with Crippen LogP contribution in [-0.4, -0.2) is 17.6 Å². The van der Waals surface area contributed by atoms with E-state index >= 15 is 0 Å². The Hall–Kier alpha value is -1.38. The Morgan fingerprint density at radius 2 is 2.07 bits per heavy atom. The molecule has 0 unspecified atom stereocenters. The lowest BCUT2D eigenvalue weighted by Crippen LogP contribution is -2.10. The van der Waals surface area contributed by atoms with Crippen molar-refractivity contribution in [3.63, 3.8) is 0 Å². The average molecular weight is 207 g/mol. The molecule has 0 aliphatic heterocycles. The molecule has 1 aromatic rings. The Balaban J connectivity index is 3.10. The molecule has 0 fully saturated rings. The largest absolute Gasteiger partial charge is 0.462 e. The first kappa shape index (κ1) is 11.7. The van der Waals surface area contributed by atoms with Crippen LogP contribution in [0, 0.1) is 13.8 Å². The highest BCUT2D eigenvalue weighted by Crippen LogP contribution is 2.13. The number of pyridine rings is 1. The molecule has 0 atom stereocenters. The van der Waals surface area contributed by atoms with Crippen LogP contribution in [-0.2, 0) is 11.2 Å². The fraction of sp³-hybridized carbons (Fsp3) is 0.500. The lowest BCUT2D eigenvalue weighted by atomic mass is 10.1. The van der Waals surface area contributed by atoms with Crippen molar-refractivity contribution in [2.24, 2.45) is 0 Å². The van der Waals surface area contributed by atoms with Crippen molar-refractivity contribution in [1.82, 2.24) is 4.98 Å². The van der Waals surface area contributed by atoms with E-state index in [1.54, 1.807) is 6.92 Å². The van der Waals surface area contributed by atoms with Gasteiger partial charge in [-0.2, -0.15) is 0 Å². The highest BCUT2D eigenvalue weighted by Gasteiger charge is 2.13. The lowest BCUT2D eigenvalue weighted by Gasteiger charge is -2.09. The van der Waals surface area contributed by atoms with E-state index < -0.39 is 0 Å². The van der Waals surface area contributed by atoms with Gasteiger partial charge in [-0.3, -0.25) is 4.98 Å². The topological polar surface area (TPSA) is 39.2 Å². The van der Waals surface area contributed by atoms with Gasteiger partial charge >= 0.3 is 5.97 Å². The van der Waals surface area contributed by atoms with Gasteiger partial charge in [0.1, 0.15) is 0 Å². The third-order valence-electron chi connectivity index (χ3n) is 2.34. The summed E-state index contributed by atoms with van der Waals surface area (Å²) in [6.45, 7) is 8.05. The van der Waals surface area contributed by atoms with Gasteiger partial charge in [0.2, 0.25) is 0 Å². The van der Waals surface area contributed by atoms with Gasteiger partial charge in [0, 0.05) is 5.69 Å². The van der Waals surface area contributed by atoms with E-state index in [1.807, 2.05) is 19.9 Å². The van der Waals surface area contributed by atoms with Crippen molar-refractivity contribution in [3.8, 4) is 0 Å². The number of aryl methyl sites for hydroxylation is 3. The van der Waals surface area contributed by atoms with Crippen LogP contribution in [0.5, 0.6) is 0 Å². The van der Waals surface area contributed by atoms with Crippen LogP contribution in [0.15, 0.2) is 6.07 Å². The van der Waals surface area contributed by atoms with Gasteiger partial charge in [0.25, 0.3) is 0 Å². The first-order valence-corrected chi connectivity index (χ1v) is 5.24. The van der Waals surface area contributed by atoms with Crippen LogP contribution < -0.4 is 0 Å². The molecule has 0 aliphatic rings. The number of ether oxygens (including phenoxy) is 1. The predicted molar refractivity (Wildman–Crippen MR) is 59.0 cm³/mol. The third-order valence-corrected chi connectivity index (χ3v) is 2.34. The minimum Gasteiger partial charge on any atom is -0.462 e. The van der Waals surface area contributed by atoms with Crippen LogP contribution in [0.1, 0.15) is 41.2 Å². The molecule has 0 aromatic carbocycles. The number of hydrogen-bond acceptors (Lipinski definition) is 3. The molecule has 1 rings (SSSR count). The summed E-state index contributed by atoms with van der Waals surface area (Å²) in [6.07, 6.45) is 0.885. The van der Waals surface area contributed by atoms with Crippen LogP contribution in [0.25, 0.3) is 0 Å². The van der Waals surface area contributed by atoms with Crippen molar-refractivity contribution >= 4 is 5.97 Å². The molecule has 1 aromatic heterocycles. The number of carbonyl (C=O) groups excluding carboxylic acids is 1. The second kappa shape index (κ2) is 4.91. The van der Waals surface area contributed by atoms with Crippen molar-refractivity contribution < 1.29 is 9.53 Å². The van der Waals surface area contributed by atoms with E-state index in [0.29, 0.717) is 12.2 Å². The number of rotatable bonds is 3. The molecule has 82 valence electrons. The quantitative estimate of drug-likeness (QED) is 0.714. The maximum Gasteiger partial charge on any atom is 0.339 e. The lowest BCUT2D eigenvalue weighted by molar-refractivity contribution is 0.0525. The normalized spacial score (nSPS) is 10.1. The van der Waals surface area contributed by atoms with Crippen LogP contribution >= 0.6 is 0 Å². The van der Waals surface area contributed by atoms with Crippen molar-refractivity contribution in [3.05, 3.63) is 28.6 Å². The SMILES string of the molecule is CCOC(=O)c1cc(C)c(CC)nc1C. The summed E-state index contributed by atoms with van der Waals surface area (Å²) >= 11 is 0. The molecule has 0 bridgehead atoms. The molecule has 0 radical (unpaired) electrons. The fourth-order valence-corrected chi connectivity index (χ4v) is 1.53. The second-order valence-corrected chi connectivity index (χ2v) is 3.46. The molecule has 3 nitrogen and oxygen atoms in total. The molecule has 0 aliphatic carbocycles. The van der Waals surface area contributed by atoms with Gasteiger partial charge in [-0.25, -0.2) is 4.79 Å². The van der Waals surface area contributed by atoms with E-state index in [9.17, 15) is 4.79 Å². The first-order chi connectivity index (χ1) is 7.10. The zero-order valence-corrected chi connectivity index (χ0v) is 9.76. The third kappa shape index (κ3) is 2.55. The van der Waals surface area contributed by atoms with Gasteiger partial charge in [0.15, 0.2) is 0 Å². The van der Waals surface area contributed by atoms with Gasteiger partial charge in [-0.1, -0.05) is 6.92 Å². The highest BCUT2D eigenvalue weighted by atomic mass is 16.5. The Labute approximate surface area is 90.5 Å². The van der Waals surface area contributed by atoms with Crippen molar-refractivity contribution in [2.75, 3.05) is 6.61 Å². The van der Waals surface area contributed by atoms with Gasteiger partial charge in [-0.15, -0.1) is 0 Å². The van der Waals surface area contributed by atoms with E-state index in [-0.39, 0.29) is 5.97 Å². The monoisotopic (exact) mass is 207 g/mol. The molecule has 0 N–H and O–H groups in total. The minimum absolute atomic E-state index is 0.284. The number of aromatic nitrogens is 1. The zero-order valence-electron chi connectivity index (χ0n) is 9.76. The van der Waals surface area contributed by atoms with Gasteiger partial charge in [-0.05, 0) is 38.8 Å². The minimum atomic E-state index is -0.284. The number of nitrogens with zero attached hydrogens (tertiary/aromatic N) is 1. The molecule has 0 spiro atoms. The number of hydrogen-bond donors (Lipinski definition) is 0. The number of carbonyl (C=O) groups is 1. The van der Waals surface area contributed by atoms with Crippen LogP contribution in [0.4, 0.5) is 0 Å². The van der Waals surface area contributed by atoms with Crippen LogP contribution in [0.3, 0.4) is 0 Å². The van der Waals surface area contributed by atoms with E-state index in [1.165, 1.54) is 0 Å². The number of esters is 1. The summed E-state index contributed by atoms with van der Waals surface area (Å²) in [5.74, 6) is -0.284. The smallest absolute Gasteiger partial charge is 0.339 e. The maximum absolute atomic E-state index is 11.6. The highest BCUT2D eigenvalue weighted by molar-refractivity contribution is 5.90. The Bertz CT molecular complexity index is 372. The molecular weight excluding hydrogens is 190 g/mol. The summed E-state index contributed by atoms with van der Waals surface area (Å²) < 4.78 is 4.96. The Morgan fingerprint density at radius 3 is 2.60 bits per heavy atom. The van der Waals surface area contributed by atoms with E-state index in [0.717, 1.165) is 23.4 Å². The van der Waals surface area contributed by atoms with Gasteiger partial charge in [0.05, 0.1) is 17.9 Å². The summed E-state index contributed by atoms with van der Waals surface area (Å²) in [5, 5.41) is 0. The first-order valence-electron chi connectivity index (χ1n) is 5.24. The summed E-state index contributed by atoms with van der Waals surface area (Å²) in [6, 6.07) is 1.86. The van der Waals surface area contributed by atoms with E-state index in [2.05, 4.69) is 11.9 Å². The molecule has 0 amide bonds. The maximum atomic E-state index is 11.6. The summed E-state index contributed by atoms with van der Waals surface area (Å²) in [4.78, 5) is 15.9. The Kier molecular flexibility index (Phi) is 3.83. The molecule has 0 saturated heterocycles. The Morgan fingerprint density at radius 1 is 1.40 bits per heavy atom. The molecule has 1 heterocycles. The van der Waals surface area contributed by atoms with Gasteiger partial charge < -0.3 is 4.74 Å².